The Morgan fingerprint density at radius 1 is 1.14 bits per heavy atom. The summed E-state index contributed by atoms with van der Waals surface area (Å²) in [7, 11) is 0. The van der Waals surface area contributed by atoms with E-state index in [4.69, 9.17) is 14.4 Å². The van der Waals surface area contributed by atoms with Gasteiger partial charge in [-0.15, -0.1) is 0 Å². The second-order valence-electron chi connectivity index (χ2n) is 4.54. The highest BCUT2D eigenvalue weighted by Gasteiger charge is 2.03. The summed E-state index contributed by atoms with van der Waals surface area (Å²) in [6, 6.07) is 15.8. The van der Waals surface area contributed by atoms with E-state index in [1.54, 1.807) is 30.3 Å². The molecule has 0 aliphatic rings. The maximum atomic E-state index is 11.6. The Labute approximate surface area is 120 Å². The van der Waals surface area contributed by atoms with E-state index in [1.807, 2.05) is 12.1 Å². The van der Waals surface area contributed by atoms with Gasteiger partial charge in [0.05, 0.1) is 23.3 Å². The Morgan fingerprint density at radius 3 is 2.90 bits per heavy atom. The topological polar surface area (TPSA) is 63.2 Å². The molecule has 0 spiro atoms. The van der Waals surface area contributed by atoms with E-state index >= 15 is 0 Å². The maximum absolute atomic E-state index is 11.6. The minimum atomic E-state index is -0.0791. The minimum Gasteiger partial charge on any atom is -0.489 e. The third-order valence-corrected chi connectivity index (χ3v) is 3.09. The molecule has 102 valence electrons. The van der Waals surface area contributed by atoms with Crippen LogP contribution in [0.1, 0.15) is 11.1 Å². The highest BCUT2D eigenvalue weighted by atomic mass is 16.5. The third-order valence-electron chi connectivity index (χ3n) is 3.09. The van der Waals surface area contributed by atoms with Crippen molar-refractivity contribution in [2.45, 2.75) is 6.61 Å². The molecule has 0 atom stereocenters. The molecule has 0 saturated heterocycles. The number of hydrogen-bond donors (Lipinski definition) is 0. The molecule has 2 aromatic carbocycles. The summed E-state index contributed by atoms with van der Waals surface area (Å²) in [5.41, 5.74) is 1.92. The summed E-state index contributed by atoms with van der Waals surface area (Å²) < 4.78 is 11.0. The molecule has 1 heterocycles. The van der Waals surface area contributed by atoms with Gasteiger partial charge in [-0.05, 0) is 29.8 Å². The van der Waals surface area contributed by atoms with Gasteiger partial charge < -0.3 is 9.15 Å². The molecule has 3 aromatic rings. The van der Waals surface area contributed by atoms with Gasteiger partial charge >= 0.3 is 0 Å². The maximum Gasteiger partial charge on any atom is 0.192 e. The highest BCUT2D eigenvalue weighted by Crippen LogP contribution is 2.19. The normalized spacial score (nSPS) is 10.2. The van der Waals surface area contributed by atoms with E-state index in [0.29, 0.717) is 28.9 Å². The molecule has 0 radical (unpaired) electrons. The van der Waals surface area contributed by atoms with Crippen molar-refractivity contribution in [1.82, 2.24) is 0 Å². The monoisotopic (exact) mass is 277 g/mol. The molecule has 0 unspecified atom stereocenters. The van der Waals surface area contributed by atoms with Crippen molar-refractivity contribution in [1.29, 1.82) is 5.26 Å². The Balaban J connectivity index is 1.82. The van der Waals surface area contributed by atoms with Crippen LogP contribution in [0.3, 0.4) is 0 Å². The van der Waals surface area contributed by atoms with Crippen molar-refractivity contribution < 1.29 is 9.15 Å². The van der Waals surface area contributed by atoms with E-state index in [1.165, 1.54) is 12.3 Å². The average Bonchev–Trinajstić information content (AvgIpc) is 2.53. The molecule has 0 aliphatic heterocycles. The Bertz CT molecular complexity index is 890. The molecule has 4 nitrogen and oxygen atoms in total. The van der Waals surface area contributed by atoms with Gasteiger partial charge in [0, 0.05) is 12.1 Å². The molecule has 4 heteroatoms. The molecule has 0 aliphatic carbocycles. The Kier molecular flexibility index (Phi) is 3.40. The predicted octanol–water partition coefficient (Wildman–Crippen LogP) is 3.24. The van der Waals surface area contributed by atoms with E-state index in [2.05, 4.69) is 6.07 Å². The third kappa shape index (κ3) is 2.77. The molecule has 0 saturated carbocycles. The Morgan fingerprint density at radius 2 is 2.05 bits per heavy atom. The van der Waals surface area contributed by atoms with Crippen LogP contribution < -0.4 is 10.2 Å². The number of ether oxygens (including phenoxy) is 1. The molecular formula is C17H11NO3. The van der Waals surface area contributed by atoms with Crippen LogP contribution >= 0.6 is 0 Å². The van der Waals surface area contributed by atoms with E-state index < -0.39 is 0 Å². The van der Waals surface area contributed by atoms with Gasteiger partial charge in [0.2, 0.25) is 0 Å². The molecule has 0 N–H and O–H groups in total. The summed E-state index contributed by atoms with van der Waals surface area (Å²) in [6.07, 6.45) is 1.37. The average molecular weight is 277 g/mol. The lowest BCUT2D eigenvalue weighted by molar-refractivity contribution is 0.306. The first-order chi connectivity index (χ1) is 10.3. The second kappa shape index (κ2) is 5.51. The number of benzene rings is 2. The lowest BCUT2D eigenvalue weighted by Crippen LogP contribution is -1.99. The van der Waals surface area contributed by atoms with Crippen LogP contribution in [0.4, 0.5) is 0 Å². The van der Waals surface area contributed by atoms with Gasteiger partial charge in [-0.3, -0.25) is 4.79 Å². The van der Waals surface area contributed by atoms with Crippen molar-refractivity contribution >= 4 is 11.0 Å². The van der Waals surface area contributed by atoms with Crippen molar-refractivity contribution in [3.63, 3.8) is 0 Å². The first-order valence-corrected chi connectivity index (χ1v) is 6.40. The fourth-order valence-corrected chi connectivity index (χ4v) is 2.05. The van der Waals surface area contributed by atoms with Crippen molar-refractivity contribution in [3.8, 4) is 11.8 Å². The Hall–Kier alpha value is -3.06. The lowest BCUT2D eigenvalue weighted by atomic mass is 10.1. The fourth-order valence-electron chi connectivity index (χ4n) is 2.05. The number of nitrogens with zero attached hydrogens (tertiary/aromatic N) is 1. The summed E-state index contributed by atoms with van der Waals surface area (Å²) in [6.45, 7) is 0.345. The van der Waals surface area contributed by atoms with Gasteiger partial charge in [-0.1, -0.05) is 12.1 Å². The molecule has 21 heavy (non-hydrogen) atoms. The van der Waals surface area contributed by atoms with Crippen LogP contribution in [0.2, 0.25) is 0 Å². The molecule has 1 aromatic heterocycles. The zero-order chi connectivity index (χ0) is 14.7. The largest absolute Gasteiger partial charge is 0.489 e. The predicted molar refractivity (Wildman–Crippen MR) is 78.0 cm³/mol. The van der Waals surface area contributed by atoms with Crippen LogP contribution in [-0.4, -0.2) is 0 Å². The summed E-state index contributed by atoms with van der Waals surface area (Å²) in [5, 5.41) is 9.38. The van der Waals surface area contributed by atoms with Gasteiger partial charge in [-0.25, -0.2) is 0 Å². The van der Waals surface area contributed by atoms with E-state index in [0.717, 1.165) is 5.56 Å². The van der Waals surface area contributed by atoms with Crippen molar-refractivity contribution in [2.75, 3.05) is 0 Å². The van der Waals surface area contributed by atoms with Crippen LogP contribution in [0.15, 0.2) is 64.0 Å². The summed E-state index contributed by atoms with van der Waals surface area (Å²) in [5.74, 6) is 0.610. The SMILES string of the molecule is N#Cc1cccc(COc2ccc3c(=O)ccoc3c2)c1. The highest BCUT2D eigenvalue weighted by molar-refractivity contribution is 5.77. The fraction of sp³-hybridized carbons (Fsp3) is 0.0588. The standard InChI is InChI=1S/C17H11NO3/c18-10-12-2-1-3-13(8-12)11-21-14-4-5-15-16(19)6-7-20-17(15)9-14/h1-9H,11H2. The van der Waals surface area contributed by atoms with E-state index in [-0.39, 0.29) is 5.43 Å². The number of nitriles is 1. The first-order valence-electron chi connectivity index (χ1n) is 6.40. The second-order valence-corrected chi connectivity index (χ2v) is 4.54. The van der Waals surface area contributed by atoms with Crippen LogP contribution in [0, 0.1) is 11.3 Å². The lowest BCUT2D eigenvalue weighted by Gasteiger charge is -2.07. The zero-order valence-corrected chi connectivity index (χ0v) is 11.1. The summed E-state index contributed by atoms with van der Waals surface area (Å²) >= 11 is 0. The van der Waals surface area contributed by atoms with Gasteiger partial charge in [0.1, 0.15) is 17.9 Å². The van der Waals surface area contributed by atoms with Gasteiger partial charge in [0.15, 0.2) is 5.43 Å². The zero-order valence-electron chi connectivity index (χ0n) is 11.1. The smallest absolute Gasteiger partial charge is 0.192 e. The molecule has 0 amide bonds. The van der Waals surface area contributed by atoms with Crippen molar-refractivity contribution in [3.05, 3.63) is 76.1 Å². The molecule has 3 rings (SSSR count). The number of rotatable bonds is 3. The number of hydrogen-bond acceptors (Lipinski definition) is 4. The van der Waals surface area contributed by atoms with E-state index in [9.17, 15) is 4.79 Å². The van der Waals surface area contributed by atoms with Gasteiger partial charge in [-0.2, -0.15) is 5.26 Å². The molecule has 0 bridgehead atoms. The minimum absolute atomic E-state index is 0.0791. The van der Waals surface area contributed by atoms with Crippen LogP contribution in [-0.2, 0) is 6.61 Å². The summed E-state index contributed by atoms with van der Waals surface area (Å²) in [4.78, 5) is 11.6. The van der Waals surface area contributed by atoms with Crippen LogP contribution in [0.25, 0.3) is 11.0 Å². The first kappa shape index (κ1) is 12.9. The molecular weight excluding hydrogens is 266 g/mol. The van der Waals surface area contributed by atoms with Crippen LogP contribution in [0.5, 0.6) is 5.75 Å². The van der Waals surface area contributed by atoms with Gasteiger partial charge in [0.25, 0.3) is 0 Å². The quantitative estimate of drug-likeness (QED) is 0.737. The van der Waals surface area contributed by atoms with Crippen molar-refractivity contribution in [2.24, 2.45) is 0 Å². The number of fused-ring (bicyclic) bond motifs is 1. The molecule has 0 fully saturated rings.